The third-order valence-corrected chi connectivity index (χ3v) is 5.00. The summed E-state index contributed by atoms with van der Waals surface area (Å²) >= 11 is 0. The largest absolute Gasteiger partial charge is 0.307 e. The van der Waals surface area contributed by atoms with Gasteiger partial charge in [0.05, 0.1) is 0 Å². The zero-order valence-corrected chi connectivity index (χ0v) is 17.1. The molecule has 0 spiro atoms. The van der Waals surface area contributed by atoms with Gasteiger partial charge < -0.3 is 5.32 Å². The fourth-order valence-corrected chi connectivity index (χ4v) is 3.49. The summed E-state index contributed by atoms with van der Waals surface area (Å²) in [4.78, 5) is 4.48. The third kappa shape index (κ3) is 7.69. The number of benzene rings is 2. The summed E-state index contributed by atoms with van der Waals surface area (Å²) < 4.78 is 31.4. The van der Waals surface area contributed by atoms with Crippen LogP contribution in [0.4, 0.5) is 8.78 Å². The molecule has 0 saturated carbocycles. The van der Waals surface area contributed by atoms with Crippen LogP contribution in [0.2, 0.25) is 0 Å². The Balaban J connectivity index is 0.000000258. The van der Waals surface area contributed by atoms with Gasteiger partial charge in [0.2, 0.25) is 0 Å². The lowest BCUT2D eigenvalue weighted by molar-refractivity contribution is 0.581. The highest BCUT2D eigenvalue weighted by Gasteiger charge is 2.21. The van der Waals surface area contributed by atoms with Crippen LogP contribution in [0.1, 0.15) is 79.3 Å². The first-order valence-corrected chi connectivity index (χ1v) is 10.1. The molecule has 4 rings (SSSR count). The smallest absolute Gasteiger partial charge is 0.123 e. The number of hydrogen-bond acceptors (Lipinski definition) is 2. The zero-order valence-electron chi connectivity index (χ0n) is 18.1. The van der Waals surface area contributed by atoms with Crippen LogP contribution in [0, 0.1) is 11.6 Å². The minimum absolute atomic E-state index is 0. The molecule has 0 aliphatic carbocycles. The molecule has 2 aliphatic heterocycles. The Morgan fingerprint density at radius 1 is 0.931 bits per heavy atom. The van der Waals surface area contributed by atoms with Crippen molar-refractivity contribution in [3.8, 4) is 0 Å². The molecule has 0 bridgehead atoms. The molecule has 29 heavy (non-hydrogen) atoms. The van der Waals surface area contributed by atoms with Gasteiger partial charge in [0.15, 0.2) is 0 Å². The summed E-state index contributed by atoms with van der Waals surface area (Å²) in [6.07, 6.45) is 4.51. The van der Waals surface area contributed by atoms with Gasteiger partial charge in [-0.25, -0.2) is 8.78 Å². The number of rotatable bonds is 2. The molecule has 0 radical (unpaired) electrons. The van der Waals surface area contributed by atoms with E-state index in [1.165, 1.54) is 36.2 Å². The fraction of sp³-hybridized carbons (Fsp3) is 0.480. The second-order valence-electron chi connectivity index (χ2n) is 7.22. The Kier molecular flexibility index (Phi) is 9.99. The molecule has 0 aromatic heterocycles. The topological polar surface area (TPSA) is 24.4 Å². The molecule has 1 N–H and O–H groups in total. The van der Waals surface area contributed by atoms with E-state index in [0.29, 0.717) is 25.0 Å². The van der Waals surface area contributed by atoms with Gasteiger partial charge in [0.25, 0.3) is 0 Å². The second kappa shape index (κ2) is 12.5. The molecule has 3 atom stereocenters. The maximum absolute atomic E-state index is 12.6. The van der Waals surface area contributed by atoms with Crippen molar-refractivity contribution in [2.75, 3.05) is 0 Å². The Bertz CT molecular complexity index is 760. The van der Waals surface area contributed by atoms with Gasteiger partial charge in [0, 0.05) is 25.2 Å². The Hall–Kier alpha value is -2.07. The number of hydrogen-bond donors (Lipinski definition) is 1. The van der Waals surface area contributed by atoms with E-state index in [1.807, 2.05) is 12.1 Å². The van der Waals surface area contributed by atoms with Gasteiger partial charge in [-0.05, 0) is 74.9 Å². The zero-order chi connectivity index (χ0) is 21.2. The molecule has 160 valence electrons. The summed E-state index contributed by atoms with van der Waals surface area (Å²) in [6.45, 7) is 6.58. The lowest BCUT2D eigenvalue weighted by atomic mass is 10.1. The molecular formula is C25H36F2N2. The van der Waals surface area contributed by atoms with Crippen LogP contribution in [-0.4, -0.2) is 17.8 Å². The number of halogens is 2. The SMILES string of the molecule is C.C[C@H]1CCC(c2ccc(F)cc2)=N1.C[C@H]1CC[C@@H](c2ccc(F)cc2)N1.[2H]CC. The minimum Gasteiger partial charge on any atom is -0.307 e. The molecule has 2 aliphatic rings. The molecule has 4 heteroatoms. The average Bonchev–Trinajstić information content (AvgIpc) is 3.33. The van der Waals surface area contributed by atoms with Crippen molar-refractivity contribution in [1.29, 1.82) is 0 Å². The molecular weight excluding hydrogens is 366 g/mol. The average molecular weight is 404 g/mol. The summed E-state index contributed by atoms with van der Waals surface area (Å²) in [7, 11) is 0. The van der Waals surface area contributed by atoms with Crippen molar-refractivity contribution in [3.63, 3.8) is 0 Å². The first kappa shape index (κ1) is 23.2. The first-order valence-electron chi connectivity index (χ1n) is 10.8. The fourth-order valence-electron chi connectivity index (χ4n) is 3.49. The van der Waals surface area contributed by atoms with Crippen molar-refractivity contribution in [2.45, 2.75) is 78.9 Å². The maximum atomic E-state index is 12.6. The summed E-state index contributed by atoms with van der Waals surface area (Å²) in [5.74, 6) is -0.342. The molecule has 2 aromatic carbocycles. The number of nitrogens with zero attached hydrogens (tertiary/aromatic N) is 1. The molecule has 2 nitrogen and oxygen atoms in total. The first-order chi connectivity index (χ1) is 13.9. The molecule has 2 aromatic rings. The van der Waals surface area contributed by atoms with Crippen LogP contribution in [0.25, 0.3) is 0 Å². The molecule has 1 saturated heterocycles. The highest BCUT2D eigenvalue weighted by atomic mass is 19.1. The van der Waals surface area contributed by atoms with E-state index < -0.39 is 0 Å². The predicted octanol–water partition coefficient (Wildman–Crippen LogP) is 7.10. The quantitative estimate of drug-likeness (QED) is 0.568. The van der Waals surface area contributed by atoms with Crippen molar-refractivity contribution in [2.24, 2.45) is 4.99 Å². The van der Waals surface area contributed by atoms with Gasteiger partial charge >= 0.3 is 0 Å². The van der Waals surface area contributed by atoms with E-state index in [-0.39, 0.29) is 19.1 Å². The Morgan fingerprint density at radius 2 is 1.48 bits per heavy atom. The summed E-state index contributed by atoms with van der Waals surface area (Å²) in [5, 5.41) is 3.47. The van der Waals surface area contributed by atoms with Crippen LogP contribution >= 0.6 is 0 Å². The van der Waals surface area contributed by atoms with E-state index in [9.17, 15) is 8.78 Å². The Morgan fingerprint density at radius 3 is 1.93 bits per heavy atom. The minimum atomic E-state index is -0.185. The lowest BCUT2D eigenvalue weighted by Crippen LogP contribution is -2.20. The van der Waals surface area contributed by atoms with E-state index in [4.69, 9.17) is 1.37 Å². The molecule has 2 heterocycles. The van der Waals surface area contributed by atoms with Crippen molar-refractivity contribution in [3.05, 3.63) is 71.3 Å². The standard InChI is InChI=1S/C11H14FN.C11H12FN.C2H6.CH4/c2*1-8-2-7-11(13-8)9-3-5-10(12)6-4-9;1-2;/h3-6,8,11,13H,2,7H2,1H3;3-6,8H,2,7H2,1H3;1-2H3;1H4/t8-,11-;8-;;/m00../s1/i;;1D;. The summed E-state index contributed by atoms with van der Waals surface area (Å²) in [5.41, 5.74) is 3.38. The van der Waals surface area contributed by atoms with Gasteiger partial charge in [-0.1, -0.05) is 45.5 Å². The number of nitrogens with one attached hydrogen (secondary N) is 1. The maximum Gasteiger partial charge on any atom is 0.123 e. The normalized spacial score (nSPS) is 22.9. The molecule has 0 unspecified atom stereocenters. The van der Waals surface area contributed by atoms with Crippen molar-refractivity contribution < 1.29 is 10.2 Å². The third-order valence-electron chi connectivity index (χ3n) is 5.00. The number of aliphatic imine (C=N–C) groups is 1. The highest BCUT2D eigenvalue weighted by molar-refractivity contribution is 6.01. The second-order valence-corrected chi connectivity index (χ2v) is 7.22. The van der Waals surface area contributed by atoms with Gasteiger partial charge in [-0.2, -0.15) is 0 Å². The van der Waals surface area contributed by atoms with Crippen LogP contribution in [0.3, 0.4) is 0 Å². The predicted molar refractivity (Wildman–Crippen MR) is 121 cm³/mol. The van der Waals surface area contributed by atoms with Gasteiger partial charge in [-0.15, -0.1) is 0 Å². The van der Waals surface area contributed by atoms with E-state index in [1.54, 1.807) is 19.1 Å². The monoisotopic (exact) mass is 403 g/mol. The van der Waals surface area contributed by atoms with E-state index in [2.05, 4.69) is 24.2 Å². The molecule has 1 fully saturated rings. The van der Waals surface area contributed by atoms with Crippen molar-refractivity contribution in [1.82, 2.24) is 5.32 Å². The Labute approximate surface area is 176 Å². The van der Waals surface area contributed by atoms with Crippen LogP contribution < -0.4 is 5.32 Å². The van der Waals surface area contributed by atoms with Crippen LogP contribution in [0.15, 0.2) is 53.5 Å². The van der Waals surface area contributed by atoms with Crippen LogP contribution in [0.5, 0.6) is 0 Å². The summed E-state index contributed by atoms with van der Waals surface area (Å²) in [6, 6.07) is 14.8. The lowest BCUT2D eigenvalue weighted by Gasteiger charge is -2.11. The van der Waals surface area contributed by atoms with Crippen molar-refractivity contribution >= 4 is 5.71 Å². The molecule has 0 amide bonds. The van der Waals surface area contributed by atoms with E-state index >= 15 is 0 Å². The highest BCUT2D eigenvalue weighted by Crippen LogP contribution is 2.26. The van der Waals surface area contributed by atoms with Gasteiger partial charge in [-0.3, -0.25) is 4.99 Å². The van der Waals surface area contributed by atoms with Crippen LogP contribution in [-0.2, 0) is 0 Å². The van der Waals surface area contributed by atoms with Gasteiger partial charge in [0.1, 0.15) is 11.6 Å². The van der Waals surface area contributed by atoms with E-state index in [0.717, 1.165) is 30.5 Å².